The number of hydrogen-bond donors (Lipinski definition) is 1. The highest BCUT2D eigenvalue weighted by atomic mass is 35.5. The molecule has 1 aliphatic heterocycles. The van der Waals surface area contributed by atoms with Gasteiger partial charge in [-0.05, 0) is 66.6 Å². The number of hydrogen-bond acceptors (Lipinski definition) is 9. The Hall–Kier alpha value is -3.83. The number of carbonyl (C=O) groups excluding carboxylic acids is 2. The zero-order valence-electron chi connectivity index (χ0n) is 22.8. The molecule has 1 aliphatic rings. The molecule has 1 saturated heterocycles. The summed E-state index contributed by atoms with van der Waals surface area (Å²) in [6, 6.07) is 17.9. The Labute approximate surface area is 266 Å². The average molecular weight is 655 g/mol. The molecular weight excluding hydrogens is 629 g/mol. The number of carbonyl (C=O) groups is 2. The van der Waals surface area contributed by atoms with Crippen LogP contribution in [0.4, 0.5) is 5.13 Å². The maximum absolute atomic E-state index is 13.6. The van der Waals surface area contributed by atoms with Crippen LogP contribution in [0.5, 0.6) is 11.5 Å². The zero-order valence-corrected chi connectivity index (χ0v) is 26.0. The number of anilines is 1. The normalized spacial score (nSPS) is 16.0. The number of ketones is 1. The van der Waals surface area contributed by atoms with Gasteiger partial charge >= 0.3 is 5.91 Å². The van der Waals surface area contributed by atoms with Crippen LogP contribution in [-0.4, -0.2) is 40.2 Å². The maximum atomic E-state index is 13.6. The predicted octanol–water partition coefficient (Wildman–Crippen LogP) is 7.73. The van der Waals surface area contributed by atoms with Crippen LogP contribution in [0.25, 0.3) is 5.76 Å². The molecule has 1 atom stereocenters. The molecule has 12 heteroatoms. The number of aliphatic hydroxyl groups excluding tert-OH is 1. The molecule has 8 nitrogen and oxygen atoms in total. The Morgan fingerprint density at radius 2 is 1.86 bits per heavy atom. The minimum Gasteiger partial charge on any atom is -0.507 e. The molecule has 1 amide bonds. The summed E-state index contributed by atoms with van der Waals surface area (Å²) in [4.78, 5) is 28.4. The summed E-state index contributed by atoms with van der Waals surface area (Å²) in [6.45, 7) is 6.30. The molecule has 3 aromatic carbocycles. The van der Waals surface area contributed by atoms with Gasteiger partial charge < -0.3 is 14.6 Å². The van der Waals surface area contributed by atoms with E-state index in [1.54, 1.807) is 66.7 Å². The van der Waals surface area contributed by atoms with Gasteiger partial charge in [0.05, 0.1) is 18.2 Å². The summed E-state index contributed by atoms with van der Waals surface area (Å²) in [7, 11) is 0. The van der Waals surface area contributed by atoms with Crippen molar-refractivity contribution in [2.45, 2.75) is 23.1 Å². The van der Waals surface area contributed by atoms with E-state index in [2.05, 4.69) is 16.8 Å². The molecular formula is C31H25Cl2N3O5S2. The number of halogens is 2. The van der Waals surface area contributed by atoms with Crippen molar-refractivity contribution in [1.29, 1.82) is 0 Å². The van der Waals surface area contributed by atoms with Crippen molar-refractivity contribution < 1.29 is 24.2 Å². The van der Waals surface area contributed by atoms with Crippen molar-refractivity contribution in [3.8, 4) is 11.5 Å². The lowest BCUT2D eigenvalue weighted by Crippen LogP contribution is -2.29. The summed E-state index contributed by atoms with van der Waals surface area (Å²) in [5.74, 6) is -0.371. The van der Waals surface area contributed by atoms with Gasteiger partial charge in [0.2, 0.25) is 5.13 Å². The van der Waals surface area contributed by atoms with E-state index >= 15 is 0 Å². The Morgan fingerprint density at radius 1 is 1.07 bits per heavy atom. The first-order valence-electron chi connectivity index (χ1n) is 13.1. The zero-order chi connectivity index (χ0) is 30.5. The molecule has 220 valence electrons. The fourth-order valence-corrected chi connectivity index (χ4v) is 6.87. The van der Waals surface area contributed by atoms with E-state index in [-0.39, 0.29) is 23.1 Å². The van der Waals surface area contributed by atoms with Crippen molar-refractivity contribution in [2.24, 2.45) is 0 Å². The van der Waals surface area contributed by atoms with E-state index in [4.69, 9.17) is 32.7 Å². The number of aliphatic hydroxyl groups is 1. The van der Waals surface area contributed by atoms with Crippen molar-refractivity contribution in [1.82, 2.24) is 10.2 Å². The van der Waals surface area contributed by atoms with E-state index in [9.17, 15) is 14.7 Å². The molecule has 1 aromatic heterocycles. The molecule has 1 N–H and O–H groups in total. The molecule has 0 spiro atoms. The Bertz CT molecular complexity index is 1710. The third-order valence-electron chi connectivity index (χ3n) is 6.39. The highest BCUT2D eigenvalue weighted by Crippen LogP contribution is 2.45. The largest absolute Gasteiger partial charge is 0.507 e. The highest BCUT2D eigenvalue weighted by Gasteiger charge is 2.48. The van der Waals surface area contributed by atoms with Gasteiger partial charge in [-0.2, -0.15) is 0 Å². The highest BCUT2D eigenvalue weighted by molar-refractivity contribution is 8.00. The molecule has 1 fully saturated rings. The summed E-state index contributed by atoms with van der Waals surface area (Å²) >= 11 is 14.9. The number of amides is 1. The summed E-state index contributed by atoms with van der Waals surface area (Å²) in [5.41, 5.74) is 1.69. The number of aromatic nitrogens is 2. The lowest BCUT2D eigenvalue weighted by atomic mass is 9.95. The van der Waals surface area contributed by atoms with Crippen molar-refractivity contribution >= 4 is 68.9 Å². The molecule has 2 heterocycles. The first-order chi connectivity index (χ1) is 20.8. The summed E-state index contributed by atoms with van der Waals surface area (Å²) < 4.78 is 11.8. The smallest absolute Gasteiger partial charge is 0.301 e. The number of rotatable bonds is 11. The van der Waals surface area contributed by atoms with Crippen LogP contribution >= 0.6 is 46.3 Å². The fraction of sp³-hybridized carbons (Fsp3) is 0.161. The Kier molecular flexibility index (Phi) is 9.72. The minimum absolute atomic E-state index is 0.0765. The fourth-order valence-electron chi connectivity index (χ4n) is 4.44. The second-order valence-corrected chi connectivity index (χ2v) is 12.2. The van der Waals surface area contributed by atoms with Gasteiger partial charge in [-0.1, -0.05) is 77.2 Å². The number of ether oxygens (including phenoxy) is 2. The topological polar surface area (TPSA) is 102 Å². The first-order valence-corrected chi connectivity index (χ1v) is 15.6. The number of Topliss-reactive ketones (excluding diaryl/α,β-unsaturated/α-hetero) is 1. The minimum atomic E-state index is -0.990. The van der Waals surface area contributed by atoms with Crippen LogP contribution in [-0.2, 0) is 15.3 Å². The summed E-state index contributed by atoms with van der Waals surface area (Å²) in [6.07, 6.45) is 1.61. The van der Waals surface area contributed by atoms with Gasteiger partial charge in [-0.25, -0.2) is 0 Å². The lowest BCUT2D eigenvalue weighted by molar-refractivity contribution is -0.132. The van der Waals surface area contributed by atoms with Gasteiger partial charge in [0, 0.05) is 21.4 Å². The predicted molar refractivity (Wildman–Crippen MR) is 170 cm³/mol. The lowest BCUT2D eigenvalue weighted by Gasteiger charge is -2.23. The number of benzene rings is 3. The third-order valence-corrected chi connectivity index (χ3v) is 9.08. The number of nitrogens with zero attached hydrogens (tertiary/aromatic N) is 3. The second kappa shape index (κ2) is 13.6. The van der Waals surface area contributed by atoms with Gasteiger partial charge in [-0.3, -0.25) is 14.5 Å². The van der Waals surface area contributed by atoms with Gasteiger partial charge in [0.25, 0.3) is 5.78 Å². The molecule has 43 heavy (non-hydrogen) atoms. The third kappa shape index (κ3) is 6.73. The molecule has 1 unspecified atom stereocenters. The first kappa shape index (κ1) is 30.6. The van der Waals surface area contributed by atoms with Crippen molar-refractivity contribution in [2.75, 3.05) is 18.1 Å². The Morgan fingerprint density at radius 3 is 2.58 bits per heavy atom. The second-order valence-electron chi connectivity index (χ2n) is 9.17. The van der Waals surface area contributed by atoms with Crippen LogP contribution in [0.1, 0.15) is 29.7 Å². The van der Waals surface area contributed by atoms with Crippen molar-refractivity contribution in [3.63, 3.8) is 0 Å². The average Bonchev–Trinajstić information content (AvgIpc) is 3.57. The quantitative estimate of drug-likeness (QED) is 0.0438. The van der Waals surface area contributed by atoms with E-state index in [1.807, 2.05) is 13.0 Å². The van der Waals surface area contributed by atoms with E-state index in [0.717, 1.165) is 16.9 Å². The van der Waals surface area contributed by atoms with Crippen LogP contribution in [0.3, 0.4) is 0 Å². The van der Waals surface area contributed by atoms with Crippen molar-refractivity contribution in [3.05, 3.63) is 112 Å². The molecule has 0 bridgehead atoms. The van der Waals surface area contributed by atoms with Gasteiger partial charge in [0.15, 0.2) is 4.34 Å². The molecule has 0 saturated carbocycles. The molecule has 4 aromatic rings. The maximum Gasteiger partial charge on any atom is 0.301 e. The van der Waals surface area contributed by atoms with E-state index in [0.29, 0.717) is 49.4 Å². The van der Waals surface area contributed by atoms with E-state index in [1.165, 1.54) is 16.7 Å². The van der Waals surface area contributed by atoms with Gasteiger partial charge in [-0.15, -0.1) is 10.2 Å². The molecule has 0 aliphatic carbocycles. The van der Waals surface area contributed by atoms with Gasteiger partial charge in [0.1, 0.15) is 23.9 Å². The standard InChI is InChI=1S/C31H25Cl2N3O5S2/c1-3-14-41-23-7-5-6-19(15-23)26-25(27(37)18-9-12-22(13-10-18)40-4-2)28(38)29(39)36(26)30-34-35-31(43-30)42-17-20-8-11-21(32)16-24(20)33/h3,5-13,15-16,26,37H,1,4,14,17H2,2H3/b27-25+. The molecule has 0 radical (unpaired) electrons. The van der Waals surface area contributed by atoms with Crippen LogP contribution in [0, 0.1) is 0 Å². The number of thioether (sulfide) groups is 1. The summed E-state index contributed by atoms with van der Waals surface area (Å²) in [5, 5.41) is 21.2. The van der Waals surface area contributed by atoms with Crippen LogP contribution < -0.4 is 14.4 Å². The monoisotopic (exact) mass is 653 g/mol. The van der Waals surface area contributed by atoms with Crippen LogP contribution in [0.2, 0.25) is 10.0 Å². The van der Waals surface area contributed by atoms with Crippen LogP contribution in [0.15, 0.2) is 89.3 Å². The molecule has 5 rings (SSSR count). The SMILES string of the molecule is C=CCOc1cccc(C2/C(=C(\O)c3ccc(OCC)cc3)C(=O)C(=O)N2c2nnc(SCc3ccc(Cl)cc3Cl)s2)c1. The Balaban J connectivity index is 1.53. The van der Waals surface area contributed by atoms with E-state index < -0.39 is 17.7 Å².